The van der Waals surface area contributed by atoms with Crippen molar-refractivity contribution in [2.75, 3.05) is 12.9 Å². The van der Waals surface area contributed by atoms with Gasteiger partial charge in [0.2, 0.25) is 0 Å². The van der Waals surface area contributed by atoms with Crippen LogP contribution < -0.4 is 10.2 Å². The largest absolute Gasteiger partial charge is 0.504 e. The number of hydrazone groups is 1. The molecule has 178 valence electrons. The lowest BCUT2D eigenvalue weighted by Crippen LogP contribution is -2.20. The number of thioether (sulfide) groups is 1. The molecule has 0 fully saturated rings. The summed E-state index contributed by atoms with van der Waals surface area (Å²) in [6.45, 7) is 4.07. The van der Waals surface area contributed by atoms with Gasteiger partial charge >= 0.3 is 0 Å². The number of methoxy groups -OCH3 is 1. The molecule has 1 heterocycles. The summed E-state index contributed by atoms with van der Waals surface area (Å²) < 4.78 is 7.03. The van der Waals surface area contributed by atoms with Crippen molar-refractivity contribution >= 4 is 23.9 Å². The number of hydrogen-bond acceptors (Lipinski definition) is 7. The first-order valence-corrected chi connectivity index (χ1v) is 11.8. The van der Waals surface area contributed by atoms with E-state index in [9.17, 15) is 9.90 Å². The monoisotopic (exact) mass is 487 g/mol. The van der Waals surface area contributed by atoms with Crippen LogP contribution in [0.1, 0.15) is 16.7 Å². The molecular weight excluding hydrogens is 462 g/mol. The van der Waals surface area contributed by atoms with E-state index in [1.165, 1.54) is 31.2 Å². The van der Waals surface area contributed by atoms with E-state index in [-0.39, 0.29) is 17.4 Å². The Labute approximate surface area is 207 Å². The van der Waals surface area contributed by atoms with E-state index in [1.54, 1.807) is 12.1 Å². The SMILES string of the molecule is COc1cc(/C=N/NC(=O)CSc2nnc(-c3ccc(C)cc3)n2-c2ccc(C)cc2)ccc1O. The second-order valence-corrected chi connectivity index (χ2v) is 8.80. The maximum Gasteiger partial charge on any atom is 0.250 e. The number of nitrogens with zero attached hydrogens (tertiary/aromatic N) is 4. The number of nitrogens with one attached hydrogen (secondary N) is 1. The number of carbonyl (C=O) groups excluding carboxylic acids is 1. The van der Waals surface area contributed by atoms with Crippen molar-refractivity contribution in [2.24, 2.45) is 5.10 Å². The molecular formula is C26H25N5O3S. The fraction of sp³-hybridized carbons (Fsp3) is 0.154. The molecule has 9 heteroatoms. The molecule has 0 radical (unpaired) electrons. The van der Waals surface area contributed by atoms with Crippen LogP contribution in [0, 0.1) is 13.8 Å². The molecule has 4 rings (SSSR count). The first kappa shape index (κ1) is 24.0. The van der Waals surface area contributed by atoms with Crippen molar-refractivity contribution in [1.82, 2.24) is 20.2 Å². The van der Waals surface area contributed by atoms with Crippen molar-refractivity contribution in [3.05, 3.63) is 83.4 Å². The molecule has 35 heavy (non-hydrogen) atoms. The summed E-state index contributed by atoms with van der Waals surface area (Å²) in [4.78, 5) is 12.4. The van der Waals surface area contributed by atoms with Crippen LogP contribution in [0.5, 0.6) is 11.5 Å². The number of rotatable bonds is 8. The Balaban J connectivity index is 1.49. The number of phenolic OH excluding ortho intramolecular Hbond substituents is 1. The van der Waals surface area contributed by atoms with Crippen molar-refractivity contribution in [2.45, 2.75) is 19.0 Å². The van der Waals surface area contributed by atoms with Gasteiger partial charge in [-0.3, -0.25) is 9.36 Å². The van der Waals surface area contributed by atoms with Gasteiger partial charge in [-0.25, -0.2) is 5.43 Å². The number of ether oxygens (including phenoxy) is 1. The summed E-state index contributed by atoms with van der Waals surface area (Å²) in [6, 6.07) is 21.0. The Bertz CT molecular complexity index is 1350. The smallest absolute Gasteiger partial charge is 0.250 e. The van der Waals surface area contributed by atoms with Gasteiger partial charge in [0.15, 0.2) is 22.5 Å². The van der Waals surface area contributed by atoms with E-state index >= 15 is 0 Å². The zero-order chi connectivity index (χ0) is 24.8. The lowest BCUT2D eigenvalue weighted by molar-refractivity contribution is -0.118. The van der Waals surface area contributed by atoms with Gasteiger partial charge < -0.3 is 9.84 Å². The summed E-state index contributed by atoms with van der Waals surface area (Å²) in [5.41, 5.74) is 7.35. The van der Waals surface area contributed by atoms with E-state index in [0.29, 0.717) is 22.3 Å². The Morgan fingerprint density at radius 1 is 1.06 bits per heavy atom. The number of amides is 1. The van der Waals surface area contributed by atoms with Gasteiger partial charge in [0.1, 0.15) is 0 Å². The van der Waals surface area contributed by atoms with Crippen molar-refractivity contribution in [3.8, 4) is 28.6 Å². The summed E-state index contributed by atoms with van der Waals surface area (Å²) >= 11 is 1.28. The summed E-state index contributed by atoms with van der Waals surface area (Å²) in [6.07, 6.45) is 1.48. The summed E-state index contributed by atoms with van der Waals surface area (Å²) in [5, 5.41) is 23.0. The molecule has 4 aromatic rings. The number of benzene rings is 3. The van der Waals surface area contributed by atoms with Crippen LogP contribution in [-0.4, -0.2) is 44.9 Å². The number of carbonyl (C=O) groups is 1. The van der Waals surface area contributed by atoms with E-state index in [1.807, 2.05) is 66.9 Å². The Morgan fingerprint density at radius 2 is 1.74 bits per heavy atom. The predicted octanol–water partition coefficient (Wildman–Crippen LogP) is 4.51. The average molecular weight is 488 g/mol. The minimum absolute atomic E-state index is 0.0350. The lowest BCUT2D eigenvalue weighted by Gasteiger charge is -2.11. The Morgan fingerprint density at radius 3 is 2.43 bits per heavy atom. The minimum atomic E-state index is -0.285. The fourth-order valence-corrected chi connectivity index (χ4v) is 4.04. The van der Waals surface area contributed by atoms with E-state index in [4.69, 9.17) is 4.74 Å². The van der Waals surface area contributed by atoms with Crippen LogP contribution in [0.2, 0.25) is 0 Å². The van der Waals surface area contributed by atoms with E-state index < -0.39 is 0 Å². The highest BCUT2D eigenvalue weighted by Gasteiger charge is 2.17. The third kappa shape index (κ3) is 5.88. The average Bonchev–Trinajstić information content (AvgIpc) is 3.28. The molecule has 0 saturated carbocycles. The van der Waals surface area contributed by atoms with Crippen LogP contribution in [0.25, 0.3) is 17.1 Å². The molecule has 0 aliphatic heterocycles. The first-order chi connectivity index (χ1) is 16.9. The topological polar surface area (TPSA) is 102 Å². The quantitative estimate of drug-likeness (QED) is 0.215. The molecule has 0 spiro atoms. The second-order valence-electron chi connectivity index (χ2n) is 7.86. The molecule has 0 unspecified atom stereocenters. The molecule has 0 atom stereocenters. The third-order valence-electron chi connectivity index (χ3n) is 5.17. The molecule has 0 aliphatic carbocycles. The highest BCUT2D eigenvalue weighted by molar-refractivity contribution is 7.99. The van der Waals surface area contributed by atoms with Crippen molar-refractivity contribution in [3.63, 3.8) is 0 Å². The van der Waals surface area contributed by atoms with Gasteiger partial charge in [0.25, 0.3) is 5.91 Å². The summed E-state index contributed by atoms with van der Waals surface area (Å²) in [7, 11) is 1.47. The fourth-order valence-electron chi connectivity index (χ4n) is 3.30. The lowest BCUT2D eigenvalue weighted by atomic mass is 10.1. The maximum absolute atomic E-state index is 12.4. The highest BCUT2D eigenvalue weighted by Crippen LogP contribution is 2.28. The van der Waals surface area contributed by atoms with E-state index in [0.717, 1.165) is 22.4 Å². The molecule has 0 bridgehead atoms. The Kier molecular flexibility index (Phi) is 7.47. The van der Waals surface area contributed by atoms with Crippen molar-refractivity contribution < 1.29 is 14.6 Å². The normalized spacial score (nSPS) is 11.1. The summed E-state index contributed by atoms with van der Waals surface area (Å²) in [5.74, 6) is 0.889. The van der Waals surface area contributed by atoms with Crippen LogP contribution >= 0.6 is 11.8 Å². The molecule has 0 aliphatic rings. The number of aromatic nitrogens is 3. The highest BCUT2D eigenvalue weighted by atomic mass is 32.2. The second kappa shape index (κ2) is 10.9. The van der Waals surface area contributed by atoms with Gasteiger partial charge in [0, 0.05) is 11.3 Å². The first-order valence-electron chi connectivity index (χ1n) is 10.9. The molecule has 2 N–H and O–H groups in total. The van der Waals surface area contributed by atoms with Crippen LogP contribution in [0.4, 0.5) is 0 Å². The van der Waals surface area contributed by atoms with Gasteiger partial charge in [-0.15, -0.1) is 10.2 Å². The Hall–Kier alpha value is -4.11. The van der Waals surface area contributed by atoms with E-state index in [2.05, 4.69) is 20.7 Å². The van der Waals surface area contributed by atoms with Crippen LogP contribution in [0.3, 0.4) is 0 Å². The minimum Gasteiger partial charge on any atom is -0.504 e. The zero-order valence-corrected chi connectivity index (χ0v) is 20.4. The number of phenols is 1. The van der Waals surface area contributed by atoms with Gasteiger partial charge in [0.05, 0.1) is 19.1 Å². The molecule has 8 nitrogen and oxygen atoms in total. The van der Waals surface area contributed by atoms with Gasteiger partial charge in [-0.05, 0) is 49.7 Å². The standard InChI is InChI=1S/C26H25N5O3S/c1-17-4-9-20(10-5-17)25-29-30-26(31(25)21-11-6-18(2)7-12-21)35-16-24(33)28-27-15-19-8-13-22(32)23(14-19)34-3/h4-15,32H,16H2,1-3H3,(H,28,33)/b27-15+. The van der Waals surface area contributed by atoms with Gasteiger partial charge in [-0.2, -0.15) is 5.10 Å². The number of hydrogen-bond donors (Lipinski definition) is 2. The third-order valence-corrected chi connectivity index (χ3v) is 6.10. The molecule has 1 aromatic heterocycles. The van der Waals surface area contributed by atoms with Crippen LogP contribution in [-0.2, 0) is 4.79 Å². The van der Waals surface area contributed by atoms with Gasteiger partial charge in [-0.1, -0.05) is 59.3 Å². The maximum atomic E-state index is 12.4. The predicted molar refractivity (Wildman–Crippen MR) is 137 cm³/mol. The zero-order valence-electron chi connectivity index (χ0n) is 19.6. The molecule has 1 amide bonds. The molecule has 0 saturated heterocycles. The van der Waals surface area contributed by atoms with Crippen molar-refractivity contribution in [1.29, 1.82) is 0 Å². The van der Waals surface area contributed by atoms with Crippen LogP contribution in [0.15, 0.2) is 77.0 Å². The number of aromatic hydroxyl groups is 1. The molecule has 3 aromatic carbocycles. The number of aryl methyl sites for hydroxylation is 2.